The van der Waals surface area contributed by atoms with Gasteiger partial charge in [-0.3, -0.25) is 0 Å². The number of rotatable bonds is 3. The average Bonchev–Trinajstić information content (AvgIpc) is 2.99. The van der Waals surface area contributed by atoms with Gasteiger partial charge in [-0.2, -0.15) is 5.26 Å². The second-order valence-electron chi connectivity index (χ2n) is 4.21. The van der Waals surface area contributed by atoms with Gasteiger partial charge in [0.05, 0.1) is 0 Å². The minimum absolute atomic E-state index is 0.104. The third kappa shape index (κ3) is 2.58. The molecule has 0 spiro atoms. The fraction of sp³-hybridized carbons (Fsp3) is 0. The highest BCUT2D eigenvalue weighted by Crippen LogP contribution is 2.28. The first kappa shape index (κ1) is 12.8. The smallest absolute Gasteiger partial charge is 0.166 e. The van der Waals surface area contributed by atoms with Crippen molar-refractivity contribution >= 4 is 0 Å². The normalized spacial score (nSPS) is 10.1. The SMILES string of the molecule is N#Cc1[nH]nnc1-c1ccc(Oc2ccccc2)c(F)c1. The largest absolute Gasteiger partial charge is 0.454 e. The number of nitrogens with one attached hydrogen (secondary N) is 1. The van der Waals surface area contributed by atoms with E-state index in [0.29, 0.717) is 17.0 Å². The lowest BCUT2D eigenvalue weighted by molar-refractivity contribution is 0.442. The molecule has 0 unspecified atom stereocenters. The molecule has 5 nitrogen and oxygen atoms in total. The second kappa shape index (κ2) is 5.43. The van der Waals surface area contributed by atoms with Gasteiger partial charge in [-0.05, 0) is 30.3 Å². The molecule has 0 saturated heterocycles. The van der Waals surface area contributed by atoms with Crippen LogP contribution in [0, 0.1) is 17.1 Å². The van der Waals surface area contributed by atoms with Gasteiger partial charge in [0.1, 0.15) is 17.5 Å². The Bertz CT molecular complexity index is 808. The summed E-state index contributed by atoms with van der Waals surface area (Å²) in [5, 5.41) is 18.7. The second-order valence-corrected chi connectivity index (χ2v) is 4.21. The molecule has 0 aliphatic carbocycles. The predicted octanol–water partition coefficient (Wildman–Crippen LogP) is 3.27. The first-order valence-electron chi connectivity index (χ1n) is 6.12. The van der Waals surface area contributed by atoms with Crippen molar-refractivity contribution in [2.24, 2.45) is 0 Å². The molecule has 3 aromatic rings. The molecule has 102 valence electrons. The Morgan fingerprint density at radius 3 is 2.67 bits per heavy atom. The Labute approximate surface area is 119 Å². The highest BCUT2D eigenvalue weighted by molar-refractivity contribution is 5.65. The Balaban J connectivity index is 1.92. The number of nitriles is 1. The molecule has 3 rings (SSSR count). The lowest BCUT2D eigenvalue weighted by Gasteiger charge is -2.07. The summed E-state index contributed by atoms with van der Waals surface area (Å²) in [5.41, 5.74) is 0.951. The standard InChI is InChI=1S/C15H9FN4O/c16-12-8-10(15-13(9-17)18-20-19-15)6-7-14(12)21-11-4-2-1-3-5-11/h1-8H,(H,18,19,20). The number of nitrogens with zero attached hydrogens (tertiary/aromatic N) is 3. The van der Waals surface area contributed by atoms with Crippen LogP contribution >= 0.6 is 0 Å². The first-order valence-corrected chi connectivity index (χ1v) is 6.12. The van der Waals surface area contributed by atoms with Gasteiger partial charge in [0, 0.05) is 5.56 Å². The molecular weight excluding hydrogens is 271 g/mol. The van der Waals surface area contributed by atoms with E-state index in [2.05, 4.69) is 15.4 Å². The summed E-state index contributed by atoms with van der Waals surface area (Å²) in [5.74, 6) is 0.110. The molecular formula is C15H9FN4O. The van der Waals surface area contributed by atoms with E-state index in [9.17, 15) is 4.39 Å². The van der Waals surface area contributed by atoms with Gasteiger partial charge in [0.15, 0.2) is 17.3 Å². The summed E-state index contributed by atoms with van der Waals surface area (Å²) >= 11 is 0. The van der Waals surface area contributed by atoms with E-state index in [1.807, 2.05) is 12.1 Å². The van der Waals surface area contributed by atoms with Crippen molar-refractivity contribution in [3.63, 3.8) is 0 Å². The molecule has 1 aromatic heterocycles. The Kier molecular flexibility index (Phi) is 3.31. The number of hydrogen-bond donors (Lipinski definition) is 1. The third-order valence-electron chi connectivity index (χ3n) is 2.84. The zero-order valence-electron chi connectivity index (χ0n) is 10.7. The molecule has 1 N–H and O–H groups in total. The van der Waals surface area contributed by atoms with E-state index >= 15 is 0 Å². The van der Waals surface area contributed by atoms with E-state index in [4.69, 9.17) is 10.00 Å². The molecule has 0 fully saturated rings. The van der Waals surface area contributed by atoms with Crippen LogP contribution in [-0.2, 0) is 0 Å². The number of para-hydroxylation sites is 1. The van der Waals surface area contributed by atoms with Crippen LogP contribution in [0.5, 0.6) is 11.5 Å². The zero-order valence-corrected chi connectivity index (χ0v) is 10.7. The van der Waals surface area contributed by atoms with E-state index in [1.54, 1.807) is 30.3 Å². The Morgan fingerprint density at radius 1 is 1.14 bits per heavy atom. The molecule has 0 radical (unpaired) electrons. The van der Waals surface area contributed by atoms with Gasteiger partial charge >= 0.3 is 0 Å². The Morgan fingerprint density at radius 2 is 1.95 bits per heavy atom. The summed E-state index contributed by atoms with van der Waals surface area (Å²) < 4.78 is 19.6. The minimum Gasteiger partial charge on any atom is -0.454 e. The quantitative estimate of drug-likeness (QED) is 0.799. The summed E-state index contributed by atoms with van der Waals surface area (Å²) in [6.45, 7) is 0. The number of halogens is 1. The van der Waals surface area contributed by atoms with E-state index in [1.165, 1.54) is 12.1 Å². The van der Waals surface area contributed by atoms with Gasteiger partial charge in [0.25, 0.3) is 0 Å². The number of ether oxygens (including phenoxy) is 1. The first-order chi connectivity index (χ1) is 10.3. The lowest BCUT2D eigenvalue weighted by Crippen LogP contribution is -1.90. The number of H-pyrrole nitrogens is 1. The summed E-state index contributed by atoms with van der Waals surface area (Å²) in [7, 11) is 0. The van der Waals surface area contributed by atoms with Crippen LogP contribution in [0.2, 0.25) is 0 Å². The van der Waals surface area contributed by atoms with Gasteiger partial charge < -0.3 is 4.74 Å². The van der Waals surface area contributed by atoms with E-state index in [-0.39, 0.29) is 11.4 Å². The number of benzene rings is 2. The molecule has 0 amide bonds. The molecule has 0 saturated carbocycles. The van der Waals surface area contributed by atoms with Crippen LogP contribution in [0.3, 0.4) is 0 Å². The lowest BCUT2D eigenvalue weighted by atomic mass is 10.1. The van der Waals surface area contributed by atoms with Crippen molar-refractivity contribution in [1.82, 2.24) is 15.4 Å². The monoisotopic (exact) mass is 280 g/mol. The molecule has 1 heterocycles. The average molecular weight is 280 g/mol. The van der Waals surface area contributed by atoms with Crippen LogP contribution in [-0.4, -0.2) is 15.4 Å². The highest BCUT2D eigenvalue weighted by Gasteiger charge is 2.13. The van der Waals surface area contributed by atoms with Gasteiger partial charge in [-0.15, -0.1) is 5.10 Å². The number of aromatic amines is 1. The topological polar surface area (TPSA) is 74.6 Å². The van der Waals surface area contributed by atoms with Crippen molar-refractivity contribution in [2.45, 2.75) is 0 Å². The fourth-order valence-electron chi connectivity index (χ4n) is 1.85. The molecule has 0 aliphatic rings. The van der Waals surface area contributed by atoms with Crippen LogP contribution in [0.4, 0.5) is 4.39 Å². The van der Waals surface area contributed by atoms with Crippen LogP contribution in [0.1, 0.15) is 5.69 Å². The molecule has 0 aliphatic heterocycles. The Hall–Kier alpha value is -3.20. The minimum atomic E-state index is -0.539. The summed E-state index contributed by atoms with van der Waals surface area (Å²) in [4.78, 5) is 0. The summed E-state index contributed by atoms with van der Waals surface area (Å²) in [6, 6.07) is 15.2. The molecule has 0 bridgehead atoms. The van der Waals surface area contributed by atoms with Crippen molar-refractivity contribution in [2.75, 3.05) is 0 Å². The van der Waals surface area contributed by atoms with E-state index < -0.39 is 5.82 Å². The molecule has 21 heavy (non-hydrogen) atoms. The van der Waals surface area contributed by atoms with Crippen molar-refractivity contribution in [1.29, 1.82) is 5.26 Å². The fourth-order valence-corrected chi connectivity index (χ4v) is 1.85. The maximum Gasteiger partial charge on any atom is 0.166 e. The zero-order chi connectivity index (χ0) is 14.7. The van der Waals surface area contributed by atoms with Crippen molar-refractivity contribution in [3.05, 3.63) is 60.0 Å². The van der Waals surface area contributed by atoms with Gasteiger partial charge in [-0.25, -0.2) is 9.49 Å². The maximum atomic E-state index is 14.1. The van der Waals surface area contributed by atoms with Crippen LogP contribution < -0.4 is 4.74 Å². The van der Waals surface area contributed by atoms with Crippen LogP contribution in [0.15, 0.2) is 48.5 Å². The summed E-state index contributed by atoms with van der Waals surface area (Å²) in [6.07, 6.45) is 0. The number of aromatic nitrogens is 3. The van der Waals surface area contributed by atoms with Crippen LogP contribution in [0.25, 0.3) is 11.3 Å². The molecule has 2 aromatic carbocycles. The molecule has 0 atom stereocenters. The third-order valence-corrected chi connectivity index (χ3v) is 2.84. The van der Waals surface area contributed by atoms with Crippen molar-refractivity contribution < 1.29 is 9.13 Å². The maximum absolute atomic E-state index is 14.1. The highest BCUT2D eigenvalue weighted by atomic mass is 19.1. The predicted molar refractivity (Wildman–Crippen MR) is 73.0 cm³/mol. The van der Waals surface area contributed by atoms with E-state index in [0.717, 1.165) is 0 Å². The molecule has 6 heteroatoms. The van der Waals surface area contributed by atoms with Gasteiger partial charge in [-0.1, -0.05) is 23.4 Å². The number of hydrogen-bond acceptors (Lipinski definition) is 4. The van der Waals surface area contributed by atoms with Gasteiger partial charge in [0.2, 0.25) is 0 Å². The van der Waals surface area contributed by atoms with Crippen molar-refractivity contribution in [3.8, 4) is 28.8 Å².